The number of carboxylic acids is 1. The smallest absolute Gasteiger partial charge is 0.319 e. The second-order valence-corrected chi connectivity index (χ2v) is 5.09. The molecule has 3 N–H and O–H groups in total. The van der Waals surface area contributed by atoms with E-state index in [4.69, 9.17) is 5.11 Å². The van der Waals surface area contributed by atoms with Crippen LogP contribution < -0.4 is 10.6 Å². The minimum absolute atomic E-state index is 0.0488. The summed E-state index contributed by atoms with van der Waals surface area (Å²) in [7, 11) is 0. The molecule has 0 saturated carbocycles. The lowest BCUT2D eigenvalue weighted by molar-refractivity contribution is -0.137. The summed E-state index contributed by atoms with van der Waals surface area (Å²) >= 11 is 0. The molecule has 0 saturated heterocycles. The third-order valence-corrected chi connectivity index (χ3v) is 3.41. The number of para-hydroxylation sites is 1. The number of carbonyl (C=O) groups is 2. The number of aryl methyl sites for hydroxylation is 2. The maximum absolute atomic E-state index is 12.0. The molecule has 5 heteroatoms. The molecule has 1 aromatic carbocycles. The van der Waals surface area contributed by atoms with Crippen molar-refractivity contribution in [3.05, 3.63) is 29.3 Å². The Morgan fingerprint density at radius 2 is 1.76 bits per heavy atom. The molecule has 0 bridgehead atoms. The number of urea groups is 1. The van der Waals surface area contributed by atoms with Gasteiger partial charge in [-0.3, -0.25) is 4.79 Å². The maximum Gasteiger partial charge on any atom is 0.319 e. The molecule has 0 aliphatic carbocycles. The molecule has 0 heterocycles. The van der Waals surface area contributed by atoms with Gasteiger partial charge in [-0.25, -0.2) is 4.79 Å². The Bertz CT molecular complexity index is 478. The summed E-state index contributed by atoms with van der Waals surface area (Å²) in [6.45, 7) is 5.90. The van der Waals surface area contributed by atoms with E-state index >= 15 is 0 Å². The number of benzene rings is 1. The molecule has 1 atom stereocenters. The van der Waals surface area contributed by atoms with Gasteiger partial charge in [0.05, 0.1) is 0 Å². The Kier molecular flexibility index (Phi) is 6.72. The van der Waals surface area contributed by atoms with E-state index in [1.807, 2.05) is 32.0 Å². The van der Waals surface area contributed by atoms with Crippen LogP contribution in [0.2, 0.25) is 0 Å². The van der Waals surface area contributed by atoms with Gasteiger partial charge in [-0.15, -0.1) is 0 Å². The van der Waals surface area contributed by atoms with E-state index in [0.717, 1.165) is 29.7 Å². The van der Waals surface area contributed by atoms with E-state index in [1.54, 1.807) is 6.92 Å². The zero-order valence-corrected chi connectivity index (χ0v) is 12.9. The van der Waals surface area contributed by atoms with Crippen LogP contribution in [0, 0.1) is 0 Å². The van der Waals surface area contributed by atoms with Gasteiger partial charge in [-0.2, -0.15) is 0 Å². The number of nitrogens with one attached hydrogen (secondary N) is 2. The number of aliphatic carboxylic acids is 1. The molecule has 5 nitrogen and oxygen atoms in total. The zero-order valence-electron chi connectivity index (χ0n) is 12.9. The molecule has 0 aliphatic heterocycles. The number of carboxylic acid groups (broad SMARTS) is 1. The first kappa shape index (κ1) is 17.0. The van der Waals surface area contributed by atoms with E-state index in [0.29, 0.717) is 6.42 Å². The summed E-state index contributed by atoms with van der Waals surface area (Å²) in [5.74, 6) is -0.853. The largest absolute Gasteiger partial charge is 0.481 e. The van der Waals surface area contributed by atoms with Gasteiger partial charge in [0.25, 0.3) is 0 Å². The van der Waals surface area contributed by atoms with Crippen molar-refractivity contribution >= 4 is 17.7 Å². The van der Waals surface area contributed by atoms with Crippen LogP contribution in [-0.2, 0) is 17.6 Å². The highest BCUT2D eigenvalue weighted by Crippen LogP contribution is 2.22. The van der Waals surface area contributed by atoms with Crippen LogP contribution in [0.1, 0.15) is 44.7 Å². The molecule has 21 heavy (non-hydrogen) atoms. The van der Waals surface area contributed by atoms with E-state index in [1.165, 1.54) is 0 Å². The summed E-state index contributed by atoms with van der Waals surface area (Å²) in [6.07, 6.45) is 2.15. The van der Waals surface area contributed by atoms with Gasteiger partial charge >= 0.3 is 12.0 Å². The van der Waals surface area contributed by atoms with Crippen molar-refractivity contribution in [1.82, 2.24) is 5.32 Å². The minimum Gasteiger partial charge on any atom is -0.481 e. The van der Waals surface area contributed by atoms with Crippen LogP contribution in [0.4, 0.5) is 10.5 Å². The van der Waals surface area contributed by atoms with Crippen molar-refractivity contribution in [3.8, 4) is 0 Å². The highest BCUT2D eigenvalue weighted by molar-refractivity contribution is 5.91. The van der Waals surface area contributed by atoms with Gasteiger partial charge in [0, 0.05) is 18.2 Å². The van der Waals surface area contributed by atoms with E-state index in [-0.39, 0.29) is 18.5 Å². The van der Waals surface area contributed by atoms with E-state index in [9.17, 15) is 9.59 Å². The van der Waals surface area contributed by atoms with Crippen molar-refractivity contribution < 1.29 is 14.7 Å². The SMILES string of the molecule is CCc1cccc(CC)c1NC(=O)NC(C)CCC(=O)O. The third kappa shape index (κ3) is 5.45. The highest BCUT2D eigenvalue weighted by Gasteiger charge is 2.12. The van der Waals surface area contributed by atoms with Crippen LogP contribution in [0.3, 0.4) is 0 Å². The van der Waals surface area contributed by atoms with Crippen molar-refractivity contribution in [2.75, 3.05) is 5.32 Å². The lowest BCUT2D eigenvalue weighted by atomic mass is 10.0. The van der Waals surface area contributed by atoms with Crippen LogP contribution in [-0.4, -0.2) is 23.1 Å². The molecular formula is C16H24N2O3. The fourth-order valence-electron chi connectivity index (χ4n) is 2.19. The lowest BCUT2D eigenvalue weighted by Crippen LogP contribution is -2.36. The average Bonchev–Trinajstić information content (AvgIpc) is 2.45. The van der Waals surface area contributed by atoms with Gasteiger partial charge < -0.3 is 15.7 Å². The van der Waals surface area contributed by atoms with Gasteiger partial charge in [-0.1, -0.05) is 32.0 Å². The first-order valence-electron chi connectivity index (χ1n) is 7.38. The summed E-state index contributed by atoms with van der Waals surface area (Å²) in [6, 6.07) is 5.53. The molecule has 1 aromatic rings. The lowest BCUT2D eigenvalue weighted by Gasteiger charge is -2.17. The fraction of sp³-hybridized carbons (Fsp3) is 0.500. The molecule has 0 spiro atoms. The summed E-state index contributed by atoms with van der Waals surface area (Å²) in [5.41, 5.74) is 3.07. The maximum atomic E-state index is 12.0. The number of rotatable bonds is 7. The number of amides is 2. The molecule has 0 radical (unpaired) electrons. The zero-order chi connectivity index (χ0) is 15.8. The standard InChI is InChI=1S/C16H24N2O3/c1-4-12-7-6-8-13(5-2)15(12)18-16(21)17-11(3)9-10-14(19)20/h6-8,11H,4-5,9-10H2,1-3H3,(H,19,20)(H2,17,18,21). The Morgan fingerprint density at radius 3 is 2.24 bits per heavy atom. The van der Waals surface area contributed by atoms with E-state index < -0.39 is 5.97 Å². The monoisotopic (exact) mass is 292 g/mol. The third-order valence-electron chi connectivity index (χ3n) is 3.41. The first-order chi connectivity index (χ1) is 9.97. The molecule has 116 valence electrons. The number of hydrogen-bond donors (Lipinski definition) is 3. The van der Waals surface area contributed by atoms with Crippen molar-refractivity contribution in [3.63, 3.8) is 0 Å². The Hall–Kier alpha value is -2.04. The van der Waals surface area contributed by atoms with Gasteiger partial charge in [0.15, 0.2) is 0 Å². The molecule has 1 rings (SSSR count). The second-order valence-electron chi connectivity index (χ2n) is 5.09. The predicted octanol–water partition coefficient (Wildman–Crippen LogP) is 3.19. The van der Waals surface area contributed by atoms with Gasteiger partial charge in [0.2, 0.25) is 0 Å². The molecule has 0 fully saturated rings. The number of carbonyl (C=O) groups excluding carboxylic acids is 1. The van der Waals surface area contributed by atoms with Crippen LogP contribution >= 0.6 is 0 Å². The van der Waals surface area contributed by atoms with Gasteiger partial charge in [-0.05, 0) is 37.3 Å². The average molecular weight is 292 g/mol. The van der Waals surface area contributed by atoms with Crippen LogP contribution in [0.5, 0.6) is 0 Å². The topological polar surface area (TPSA) is 78.4 Å². The number of hydrogen-bond acceptors (Lipinski definition) is 2. The molecule has 0 aromatic heterocycles. The normalized spacial score (nSPS) is 11.8. The van der Waals surface area contributed by atoms with Crippen molar-refractivity contribution in [1.29, 1.82) is 0 Å². The van der Waals surface area contributed by atoms with Crippen molar-refractivity contribution in [2.24, 2.45) is 0 Å². The Morgan fingerprint density at radius 1 is 1.19 bits per heavy atom. The highest BCUT2D eigenvalue weighted by atomic mass is 16.4. The summed E-state index contributed by atoms with van der Waals surface area (Å²) < 4.78 is 0. The molecule has 2 amide bonds. The molecular weight excluding hydrogens is 268 g/mol. The quantitative estimate of drug-likeness (QED) is 0.722. The van der Waals surface area contributed by atoms with Crippen molar-refractivity contribution in [2.45, 2.75) is 52.5 Å². The van der Waals surface area contributed by atoms with Crippen LogP contribution in [0.25, 0.3) is 0 Å². The Balaban J connectivity index is 2.68. The first-order valence-corrected chi connectivity index (χ1v) is 7.38. The Labute approximate surface area is 125 Å². The fourth-order valence-corrected chi connectivity index (χ4v) is 2.19. The van der Waals surface area contributed by atoms with E-state index in [2.05, 4.69) is 10.6 Å². The van der Waals surface area contributed by atoms with Gasteiger partial charge in [0.1, 0.15) is 0 Å². The predicted molar refractivity (Wildman–Crippen MR) is 83.7 cm³/mol. The summed E-state index contributed by atoms with van der Waals surface area (Å²) in [5, 5.41) is 14.3. The second kappa shape index (κ2) is 8.29. The van der Waals surface area contributed by atoms with Crippen LogP contribution in [0.15, 0.2) is 18.2 Å². The minimum atomic E-state index is -0.853. The molecule has 1 unspecified atom stereocenters. The number of anilines is 1. The molecule has 0 aliphatic rings. The summed E-state index contributed by atoms with van der Waals surface area (Å²) in [4.78, 5) is 22.6.